The number of hydrogen-bond donors (Lipinski definition) is 2. The van der Waals surface area contributed by atoms with Gasteiger partial charge in [-0.3, -0.25) is 0 Å². The number of nitrogens with two attached hydrogens (primary N) is 1. The van der Waals surface area contributed by atoms with Crippen LogP contribution in [0, 0.1) is 0 Å². The van der Waals surface area contributed by atoms with Crippen molar-refractivity contribution in [3.63, 3.8) is 0 Å². The summed E-state index contributed by atoms with van der Waals surface area (Å²) in [7, 11) is 0. The molecule has 0 saturated heterocycles. The number of benzene rings is 1. The summed E-state index contributed by atoms with van der Waals surface area (Å²) >= 11 is 5.96. The van der Waals surface area contributed by atoms with E-state index in [0.29, 0.717) is 11.5 Å². The monoisotopic (exact) mass is 211 g/mol. The Labute approximate surface area is 89.0 Å². The van der Waals surface area contributed by atoms with Crippen LogP contribution in [0.4, 0.5) is 0 Å². The summed E-state index contributed by atoms with van der Waals surface area (Å²) in [6, 6.07) is 9.50. The van der Waals surface area contributed by atoms with E-state index in [1.807, 2.05) is 36.4 Å². The van der Waals surface area contributed by atoms with E-state index in [4.69, 9.17) is 22.4 Å². The minimum atomic E-state index is -0.275. The van der Waals surface area contributed by atoms with Gasteiger partial charge in [0.1, 0.15) is 0 Å². The van der Waals surface area contributed by atoms with Gasteiger partial charge in [0.2, 0.25) is 0 Å². The first-order valence-electron chi connectivity index (χ1n) is 4.50. The van der Waals surface area contributed by atoms with Gasteiger partial charge in [-0.25, -0.2) is 0 Å². The molecule has 1 aromatic carbocycles. The van der Waals surface area contributed by atoms with Crippen LogP contribution in [0.1, 0.15) is 12.0 Å². The second-order valence-corrected chi connectivity index (χ2v) is 3.63. The molecule has 1 rings (SSSR count). The van der Waals surface area contributed by atoms with Crippen molar-refractivity contribution in [2.45, 2.75) is 12.5 Å². The fourth-order valence-corrected chi connectivity index (χ4v) is 1.43. The first kappa shape index (κ1) is 11.2. The molecule has 0 aliphatic rings. The number of hydrogen-bond acceptors (Lipinski definition) is 2. The lowest BCUT2D eigenvalue weighted by Gasteiger charge is -2.06. The molecule has 0 aliphatic carbocycles. The van der Waals surface area contributed by atoms with Gasteiger partial charge >= 0.3 is 0 Å². The second-order valence-electron chi connectivity index (χ2n) is 3.15. The van der Waals surface area contributed by atoms with E-state index in [9.17, 15) is 0 Å². The van der Waals surface area contributed by atoms with E-state index in [1.54, 1.807) is 0 Å². The minimum Gasteiger partial charge on any atom is -0.395 e. The van der Waals surface area contributed by atoms with Crippen LogP contribution in [0.15, 0.2) is 35.4 Å². The van der Waals surface area contributed by atoms with E-state index in [-0.39, 0.29) is 12.6 Å². The van der Waals surface area contributed by atoms with E-state index < -0.39 is 0 Å². The highest BCUT2D eigenvalue weighted by molar-refractivity contribution is 6.31. The normalized spacial score (nSPS) is 14.1. The molecule has 3 N–H and O–H groups in total. The van der Waals surface area contributed by atoms with Gasteiger partial charge < -0.3 is 10.8 Å². The van der Waals surface area contributed by atoms with Crippen molar-refractivity contribution >= 4 is 17.7 Å². The zero-order chi connectivity index (χ0) is 10.4. The third-order valence-electron chi connectivity index (χ3n) is 1.81. The molecule has 0 bridgehead atoms. The fraction of sp³-hybridized carbons (Fsp3) is 0.273. The summed E-state index contributed by atoms with van der Waals surface area (Å²) in [4.78, 5) is 0. The Hall–Kier alpha value is -0.830. The van der Waals surface area contributed by atoms with E-state index >= 15 is 0 Å². The molecule has 0 saturated carbocycles. The topological polar surface area (TPSA) is 46.2 Å². The van der Waals surface area contributed by atoms with Crippen molar-refractivity contribution in [2.75, 3.05) is 6.61 Å². The quantitative estimate of drug-likeness (QED) is 0.800. The molecule has 0 amide bonds. The van der Waals surface area contributed by atoms with E-state index in [2.05, 4.69) is 0 Å². The lowest BCUT2D eigenvalue weighted by Crippen LogP contribution is -2.23. The Morgan fingerprint density at radius 1 is 1.43 bits per heavy atom. The van der Waals surface area contributed by atoms with Gasteiger partial charge in [-0.2, -0.15) is 0 Å². The smallest absolute Gasteiger partial charge is 0.0586 e. The summed E-state index contributed by atoms with van der Waals surface area (Å²) in [6.45, 7) is -0.0428. The average Bonchev–Trinajstić information content (AvgIpc) is 2.19. The summed E-state index contributed by atoms with van der Waals surface area (Å²) < 4.78 is 0. The lowest BCUT2D eigenvalue weighted by molar-refractivity contribution is 0.266. The van der Waals surface area contributed by atoms with Crippen molar-refractivity contribution in [1.29, 1.82) is 0 Å². The molecule has 0 heterocycles. The number of aliphatic hydroxyl groups is 1. The van der Waals surface area contributed by atoms with Crippen LogP contribution in [0.2, 0.25) is 0 Å². The molecule has 76 valence electrons. The maximum atomic E-state index is 8.74. The van der Waals surface area contributed by atoms with Crippen molar-refractivity contribution < 1.29 is 5.11 Å². The highest BCUT2D eigenvalue weighted by atomic mass is 35.5. The molecule has 14 heavy (non-hydrogen) atoms. The molecular formula is C11H14ClNO. The van der Waals surface area contributed by atoms with Crippen LogP contribution in [0.25, 0.3) is 6.08 Å². The molecule has 2 nitrogen and oxygen atoms in total. The lowest BCUT2D eigenvalue weighted by atomic mass is 10.1. The molecule has 1 unspecified atom stereocenters. The summed E-state index contributed by atoms with van der Waals surface area (Å²) in [5.74, 6) is 0. The summed E-state index contributed by atoms with van der Waals surface area (Å²) in [5, 5.41) is 9.40. The molecule has 0 fully saturated rings. The van der Waals surface area contributed by atoms with Gasteiger partial charge in [0.05, 0.1) is 6.61 Å². The predicted molar refractivity (Wildman–Crippen MR) is 60.0 cm³/mol. The van der Waals surface area contributed by atoms with Crippen molar-refractivity contribution in [3.8, 4) is 0 Å². The van der Waals surface area contributed by atoms with Crippen LogP contribution < -0.4 is 5.73 Å². The van der Waals surface area contributed by atoms with Crippen LogP contribution >= 0.6 is 11.6 Å². The summed E-state index contributed by atoms with van der Waals surface area (Å²) in [6.07, 6.45) is 2.37. The largest absolute Gasteiger partial charge is 0.395 e. The molecule has 1 aromatic rings. The SMILES string of the molecule is NC(CO)C/C(Cl)=C\c1ccccc1. The average molecular weight is 212 g/mol. The van der Waals surface area contributed by atoms with Gasteiger partial charge in [-0.05, 0) is 11.6 Å². The molecule has 0 aromatic heterocycles. The fourth-order valence-electron chi connectivity index (χ4n) is 1.10. The maximum Gasteiger partial charge on any atom is 0.0586 e. The standard InChI is InChI=1S/C11H14ClNO/c12-10(7-11(13)8-14)6-9-4-2-1-3-5-9/h1-6,11,14H,7-8,13H2/b10-6+. The molecular weight excluding hydrogens is 198 g/mol. The molecule has 0 aliphatic heterocycles. The zero-order valence-corrected chi connectivity index (χ0v) is 8.61. The van der Waals surface area contributed by atoms with Crippen LogP contribution in [0.5, 0.6) is 0 Å². The number of halogens is 1. The van der Waals surface area contributed by atoms with Gasteiger partial charge in [0, 0.05) is 17.5 Å². The van der Waals surface area contributed by atoms with Gasteiger partial charge in [-0.15, -0.1) is 0 Å². The summed E-state index contributed by atoms with van der Waals surface area (Å²) in [5.41, 5.74) is 6.60. The Kier molecular flexibility index (Phi) is 4.66. The van der Waals surface area contributed by atoms with Crippen LogP contribution in [-0.2, 0) is 0 Å². The Morgan fingerprint density at radius 3 is 2.64 bits per heavy atom. The predicted octanol–water partition coefficient (Wildman–Crippen LogP) is 1.98. The Bertz CT molecular complexity index is 297. The molecule has 0 spiro atoms. The van der Waals surface area contributed by atoms with Gasteiger partial charge in [0.25, 0.3) is 0 Å². The highest BCUT2D eigenvalue weighted by Gasteiger charge is 2.02. The first-order valence-corrected chi connectivity index (χ1v) is 4.87. The minimum absolute atomic E-state index is 0.0428. The van der Waals surface area contributed by atoms with Gasteiger partial charge in [0.15, 0.2) is 0 Å². The number of rotatable bonds is 4. The molecule has 0 radical (unpaired) electrons. The van der Waals surface area contributed by atoms with Crippen molar-refractivity contribution in [3.05, 3.63) is 40.9 Å². The van der Waals surface area contributed by atoms with E-state index in [0.717, 1.165) is 5.56 Å². The zero-order valence-electron chi connectivity index (χ0n) is 7.86. The third-order valence-corrected chi connectivity index (χ3v) is 2.08. The van der Waals surface area contributed by atoms with Crippen molar-refractivity contribution in [2.24, 2.45) is 5.73 Å². The van der Waals surface area contributed by atoms with Crippen LogP contribution in [-0.4, -0.2) is 17.8 Å². The maximum absolute atomic E-state index is 8.74. The van der Waals surface area contributed by atoms with E-state index in [1.165, 1.54) is 0 Å². The van der Waals surface area contributed by atoms with Crippen LogP contribution in [0.3, 0.4) is 0 Å². The molecule has 3 heteroatoms. The highest BCUT2D eigenvalue weighted by Crippen LogP contribution is 2.14. The first-order chi connectivity index (χ1) is 6.72. The Balaban J connectivity index is 2.60. The molecule has 1 atom stereocenters. The number of aliphatic hydroxyl groups excluding tert-OH is 1. The van der Waals surface area contributed by atoms with Crippen molar-refractivity contribution in [1.82, 2.24) is 0 Å². The third kappa shape index (κ3) is 3.92. The second kappa shape index (κ2) is 5.81. The van der Waals surface area contributed by atoms with Gasteiger partial charge in [-0.1, -0.05) is 41.9 Å². The Morgan fingerprint density at radius 2 is 2.07 bits per heavy atom.